The number of methoxy groups -OCH3 is 1. The average molecular weight is 456 g/mol. The highest BCUT2D eigenvalue weighted by molar-refractivity contribution is 5.81. The molecule has 2 N–H and O–H groups in total. The Morgan fingerprint density at radius 1 is 1.06 bits per heavy atom. The van der Waals surface area contributed by atoms with E-state index in [1.165, 1.54) is 12.1 Å². The third-order valence-corrected chi connectivity index (χ3v) is 6.16. The Kier molecular flexibility index (Phi) is 9.10. The van der Waals surface area contributed by atoms with E-state index in [1.54, 1.807) is 24.1 Å². The molecule has 6 nitrogen and oxygen atoms in total. The van der Waals surface area contributed by atoms with Crippen LogP contribution in [0.5, 0.6) is 5.75 Å². The average Bonchev–Trinajstić information content (AvgIpc) is 2.84. The zero-order valence-corrected chi connectivity index (χ0v) is 19.5. The number of unbranched alkanes of at least 4 members (excludes halogenated alkanes) is 1. The zero-order chi connectivity index (χ0) is 23.6. The number of ether oxygens (including phenoxy) is 1. The van der Waals surface area contributed by atoms with Gasteiger partial charge in [-0.2, -0.15) is 0 Å². The minimum atomic E-state index is -0.305. The molecule has 2 aromatic carbocycles. The van der Waals surface area contributed by atoms with E-state index >= 15 is 0 Å². The van der Waals surface area contributed by atoms with Gasteiger partial charge in [-0.05, 0) is 55.0 Å². The van der Waals surface area contributed by atoms with Gasteiger partial charge in [-0.1, -0.05) is 43.7 Å². The number of carbonyl (C=O) groups is 2. The summed E-state index contributed by atoms with van der Waals surface area (Å²) in [4.78, 5) is 27.6. The Bertz CT molecular complexity index is 919. The molecule has 2 unspecified atom stereocenters. The van der Waals surface area contributed by atoms with Crippen LogP contribution in [0.25, 0.3) is 0 Å². The van der Waals surface area contributed by atoms with Crippen molar-refractivity contribution in [3.8, 4) is 5.75 Å². The van der Waals surface area contributed by atoms with E-state index < -0.39 is 0 Å². The maximum Gasteiger partial charge on any atom is 0.317 e. The first kappa shape index (κ1) is 24.6. The molecular formula is C26H34FN3O3. The molecule has 2 aromatic rings. The Hall–Kier alpha value is -3.09. The monoisotopic (exact) mass is 455 g/mol. The number of hydrogen-bond donors (Lipinski definition) is 2. The molecule has 0 saturated carbocycles. The van der Waals surface area contributed by atoms with Crippen molar-refractivity contribution in [2.75, 3.05) is 26.7 Å². The largest absolute Gasteiger partial charge is 0.496 e. The number of benzene rings is 2. The molecule has 1 aliphatic rings. The smallest absolute Gasteiger partial charge is 0.317 e. The van der Waals surface area contributed by atoms with Gasteiger partial charge in [0, 0.05) is 19.6 Å². The second-order valence-corrected chi connectivity index (χ2v) is 8.43. The van der Waals surface area contributed by atoms with Crippen LogP contribution < -0.4 is 15.4 Å². The SMILES string of the molecule is CCCCNC(=O)N1CC(C(=O)NCCc2ccccc2OC)CCC1c1ccc(F)cc1. The lowest BCUT2D eigenvalue weighted by Gasteiger charge is -2.39. The van der Waals surface area contributed by atoms with Crippen molar-refractivity contribution in [2.24, 2.45) is 5.92 Å². The number of para-hydroxylation sites is 1. The zero-order valence-electron chi connectivity index (χ0n) is 19.5. The third kappa shape index (κ3) is 6.70. The molecule has 0 radical (unpaired) electrons. The van der Waals surface area contributed by atoms with Crippen molar-refractivity contribution >= 4 is 11.9 Å². The second kappa shape index (κ2) is 12.2. The van der Waals surface area contributed by atoms with Gasteiger partial charge in [-0.3, -0.25) is 4.79 Å². The number of hydrogen-bond acceptors (Lipinski definition) is 3. The molecular weight excluding hydrogens is 421 g/mol. The molecule has 1 fully saturated rings. The highest BCUT2D eigenvalue weighted by atomic mass is 19.1. The van der Waals surface area contributed by atoms with Crippen molar-refractivity contribution in [3.05, 3.63) is 65.5 Å². The maximum absolute atomic E-state index is 13.4. The van der Waals surface area contributed by atoms with Gasteiger partial charge < -0.3 is 20.3 Å². The Morgan fingerprint density at radius 3 is 2.55 bits per heavy atom. The van der Waals surface area contributed by atoms with E-state index in [-0.39, 0.29) is 29.7 Å². The number of likely N-dealkylation sites (tertiary alicyclic amines) is 1. The summed E-state index contributed by atoms with van der Waals surface area (Å²) < 4.78 is 18.8. The third-order valence-electron chi connectivity index (χ3n) is 6.16. The van der Waals surface area contributed by atoms with Crippen LogP contribution in [0, 0.1) is 11.7 Å². The first-order chi connectivity index (χ1) is 16.0. The fraction of sp³-hybridized carbons (Fsp3) is 0.462. The molecule has 33 heavy (non-hydrogen) atoms. The number of nitrogens with one attached hydrogen (secondary N) is 2. The minimum absolute atomic E-state index is 0.0474. The van der Waals surface area contributed by atoms with E-state index in [1.807, 2.05) is 24.3 Å². The summed E-state index contributed by atoms with van der Waals surface area (Å²) in [6.45, 7) is 3.50. The van der Waals surface area contributed by atoms with Crippen LogP contribution >= 0.6 is 0 Å². The number of rotatable bonds is 9. The minimum Gasteiger partial charge on any atom is -0.496 e. The Morgan fingerprint density at radius 2 is 1.82 bits per heavy atom. The first-order valence-electron chi connectivity index (χ1n) is 11.7. The Balaban J connectivity index is 1.63. The van der Waals surface area contributed by atoms with Gasteiger partial charge in [0.25, 0.3) is 0 Å². The molecule has 0 spiro atoms. The van der Waals surface area contributed by atoms with Gasteiger partial charge in [0.05, 0.1) is 19.1 Å². The molecule has 178 valence electrons. The van der Waals surface area contributed by atoms with Crippen LogP contribution in [0.2, 0.25) is 0 Å². The van der Waals surface area contributed by atoms with Gasteiger partial charge in [0.1, 0.15) is 11.6 Å². The molecule has 0 bridgehead atoms. The number of amides is 3. The normalized spacial score (nSPS) is 18.0. The number of halogens is 1. The summed E-state index contributed by atoms with van der Waals surface area (Å²) >= 11 is 0. The topological polar surface area (TPSA) is 70.7 Å². The summed E-state index contributed by atoms with van der Waals surface area (Å²) in [5, 5.41) is 5.99. The number of piperidine rings is 1. The molecule has 0 aromatic heterocycles. The summed E-state index contributed by atoms with van der Waals surface area (Å²) in [7, 11) is 1.64. The number of urea groups is 1. The molecule has 0 aliphatic carbocycles. The molecule has 2 atom stereocenters. The standard InChI is InChI=1S/C26H34FN3O3/c1-3-4-16-29-26(32)30-18-21(11-14-23(30)19-9-12-22(27)13-10-19)25(31)28-17-15-20-7-5-6-8-24(20)33-2/h5-10,12-13,21,23H,3-4,11,14-18H2,1-2H3,(H,28,31)(H,29,32). The van der Waals surface area contributed by atoms with Crippen molar-refractivity contribution in [1.29, 1.82) is 0 Å². The van der Waals surface area contributed by atoms with Gasteiger partial charge in [-0.15, -0.1) is 0 Å². The summed E-state index contributed by atoms with van der Waals surface area (Å²) in [5.41, 5.74) is 1.93. The fourth-order valence-electron chi connectivity index (χ4n) is 4.29. The van der Waals surface area contributed by atoms with Gasteiger partial charge in [0.2, 0.25) is 5.91 Å². The fourth-order valence-corrected chi connectivity index (χ4v) is 4.29. The quantitative estimate of drug-likeness (QED) is 0.549. The van der Waals surface area contributed by atoms with Crippen molar-refractivity contribution < 1.29 is 18.7 Å². The highest BCUT2D eigenvalue weighted by Crippen LogP contribution is 2.33. The summed E-state index contributed by atoms with van der Waals surface area (Å²) in [6, 6.07) is 13.7. The number of nitrogens with zero attached hydrogens (tertiary/aromatic N) is 1. The molecule has 1 saturated heterocycles. The van der Waals surface area contributed by atoms with Gasteiger partial charge in [0.15, 0.2) is 0 Å². The molecule has 1 aliphatic heterocycles. The maximum atomic E-state index is 13.4. The van der Waals surface area contributed by atoms with E-state index in [9.17, 15) is 14.0 Å². The summed E-state index contributed by atoms with van der Waals surface area (Å²) in [6.07, 6.45) is 3.87. The highest BCUT2D eigenvalue weighted by Gasteiger charge is 2.35. The van der Waals surface area contributed by atoms with E-state index in [0.717, 1.165) is 29.7 Å². The van der Waals surface area contributed by atoms with Crippen molar-refractivity contribution in [2.45, 2.75) is 45.1 Å². The molecule has 3 amide bonds. The predicted molar refractivity (Wildman–Crippen MR) is 127 cm³/mol. The predicted octanol–water partition coefficient (Wildman–Crippen LogP) is 4.46. The Labute approximate surface area is 195 Å². The second-order valence-electron chi connectivity index (χ2n) is 8.43. The molecule has 3 rings (SSSR count). The molecule has 1 heterocycles. The van der Waals surface area contributed by atoms with E-state index in [4.69, 9.17) is 4.74 Å². The lowest BCUT2D eigenvalue weighted by atomic mass is 9.88. The van der Waals surface area contributed by atoms with Crippen LogP contribution in [0.3, 0.4) is 0 Å². The lowest BCUT2D eigenvalue weighted by molar-refractivity contribution is -0.126. The van der Waals surface area contributed by atoms with E-state index in [0.29, 0.717) is 38.9 Å². The van der Waals surface area contributed by atoms with Crippen molar-refractivity contribution in [1.82, 2.24) is 15.5 Å². The van der Waals surface area contributed by atoms with Gasteiger partial charge in [-0.25, -0.2) is 9.18 Å². The van der Waals surface area contributed by atoms with Crippen LogP contribution in [0.4, 0.5) is 9.18 Å². The van der Waals surface area contributed by atoms with Crippen LogP contribution in [-0.4, -0.2) is 43.6 Å². The lowest BCUT2D eigenvalue weighted by Crippen LogP contribution is -2.50. The molecule has 7 heteroatoms. The first-order valence-corrected chi connectivity index (χ1v) is 11.7. The van der Waals surface area contributed by atoms with E-state index in [2.05, 4.69) is 17.6 Å². The van der Waals surface area contributed by atoms with Gasteiger partial charge >= 0.3 is 6.03 Å². The van der Waals surface area contributed by atoms with Crippen molar-refractivity contribution in [3.63, 3.8) is 0 Å². The van der Waals surface area contributed by atoms with Crippen LogP contribution in [-0.2, 0) is 11.2 Å². The number of carbonyl (C=O) groups excluding carboxylic acids is 2. The van der Waals surface area contributed by atoms with Crippen LogP contribution in [0.1, 0.15) is 49.8 Å². The summed E-state index contributed by atoms with van der Waals surface area (Å²) in [5.74, 6) is 0.174. The van der Waals surface area contributed by atoms with Crippen LogP contribution in [0.15, 0.2) is 48.5 Å².